The van der Waals surface area contributed by atoms with Crippen LogP contribution < -0.4 is 10.1 Å². The van der Waals surface area contributed by atoms with Crippen molar-refractivity contribution in [1.82, 2.24) is 19.8 Å². The molecule has 4 heterocycles. The highest BCUT2D eigenvalue weighted by Crippen LogP contribution is 2.31. The van der Waals surface area contributed by atoms with Crippen molar-refractivity contribution in [2.24, 2.45) is 0 Å². The molecule has 7 nitrogen and oxygen atoms in total. The molecule has 186 valence electrons. The van der Waals surface area contributed by atoms with E-state index in [1.54, 1.807) is 6.20 Å². The van der Waals surface area contributed by atoms with Crippen molar-refractivity contribution < 1.29 is 9.15 Å². The minimum absolute atomic E-state index is 0.571. The lowest BCUT2D eigenvalue weighted by Crippen LogP contribution is -2.43. The molecule has 0 unspecified atom stereocenters. The van der Waals surface area contributed by atoms with E-state index in [2.05, 4.69) is 62.5 Å². The first kappa shape index (κ1) is 23.2. The highest BCUT2D eigenvalue weighted by atomic mass is 16.5. The van der Waals surface area contributed by atoms with E-state index < -0.39 is 0 Å². The lowest BCUT2D eigenvalue weighted by atomic mass is 10.1. The maximum Gasteiger partial charge on any atom is 0.219 e. The van der Waals surface area contributed by atoms with Crippen molar-refractivity contribution in [2.75, 3.05) is 38.5 Å². The molecule has 0 spiro atoms. The summed E-state index contributed by atoms with van der Waals surface area (Å²) >= 11 is 0. The zero-order chi connectivity index (χ0) is 25.0. The number of pyridine rings is 2. The molecule has 0 atom stereocenters. The normalized spacial score (nSPS) is 14.6. The van der Waals surface area contributed by atoms with E-state index in [1.165, 1.54) is 0 Å². The SMILES string of the molecule is CN1CCN(Cc2ccc(-c3ccc4c(Nc5ccc(Oc6ccccn6)cc5)ccnc4c3)o2)CC1. The number of fused-ring (bicyclic) bond motifs is 1. The highest BCUT2D eigenvalue weighted by Gasteiger charge is 2.16. The van der Waals surface area contributed by atoms with E-state index in [0.717, 1.165) is 77.8 Å². The Morgan fingerprint density at radius 3 is 2.54 bits per heavy atom. The Labute approximate surface area is 216 Å². The average Bonchev–Trinajstić information content (AvgIpc) is 3.40. The summed E-state index contributed by atoms with van der Waals surface area (Å²) < 4.78 is 12.0. The molecule has 2 aromatic carbocycles. The third kappa shape index (κ3) is 5.48. The largest absolute Gasteiger partial charge is 0.460 e. The summed E-state index contributed by atoms with van der Waals surface area (Å²) in [6.07, 6.45) is 3.54. The molecule has 1 aliphatic rings. The quantitative estimate of drug-likeness (QED) is 0.292. The standard InChI is InChI=1S/C30H29N5O2/c1-34-16-18-35(19-17-34)21-25-10-12-29(36-25)22-5-11-26-27(13-15-31-28(26)20-22)33-23-6-8-24(9-7-23)37-30-4-2-3-14-32-30/h2-15,20H,16-19,21H2,1H3,(H,31,33). The summed E-state index contributed by atoms with van der Waals surface area (Å²) in [6, 6.07) is 25.8. The minimum atomic E-state index is 0.571. The monoisotopic (exact) mass is 491 g/mol. The second-order valence-electron chi connectivity index (χ2n) is 9.36. The fourth-order valence-corrected chi connectivity index (χ4v) is 4.54. The molecule has 5 aromatic rings. The lowest BCUT2D eigenvalue weighted by molar-refractivity contribution is 0.140. The van der Waals surface area contributed by atoms with Crippen molar-refractivity contribution >= 4 is 22.3 Å². The van der Waals surface area contributed by atoms with Crippen LogP contribution >= 0.6 is 0 Å². The van der Waals surface area contributed by atoms with Crippen LogP contribution in [0.4, 0.5) is 11.4 Å². The summed E-state index contributed by atoms with van der Waals surface area (Å²) in [6.45, 7) is 5.19. The molecule has 0 radical (unpaired) electrons. The Hall–Kier alpha value is -4.20. The lowest BCUT2D eigenvalue weighted by Gasteiger charge is -2.31. The third-order valence-electron chi connectivity index (χ3n) is 6.66. The van der Waals surface area contributed by atoms with E-state index in [-0.39, 0.29) is 0 Å². The number of benzene rings is 2. The van der Waals surface area contributed by atoms with Crippen LogP contribution in [0.5, 0.6) is 11.6 Å². The molecule has 7 heteroatoms. The second-order valence-corrected chi connectivity index (χ2v) is 9.36. The molecule has 6 rings (SSSR count). The van der Waals surface area contributed by atoms with Gasteiger partial charge in [0.15, 0.2) is 0 Å². The number of nitrogens with one attached hydrogen (secondary N) is 1. The van der Waals surface area contributed by atoms with Gasteiger partial charge in [-0.25, -0.2) is 4.98 Å². The number of rotatable bonds is 7. The number of piperazine rings is 1. The van der Waals surface area contributed by atoms with Crippen molar-refractivity contribution in [1.29, 1.82) is 0 Å². The molecule has 0 amide bonds. The number of likely N-dealkylation sites (N-methyl/N-ethyl adjacent to an activating group) is 1. The van der Waals surface area contributed by atoms with Crippen LogP contribution in [0.15, 0.2) is 95.7 Å². The third-order valence-corrected chi connectivity index (χ3v) is 6.66. The molecule has 0 bridgehead atoms. The van der Waals surface area contributed by atoms with Gasteiger partial charge in [0.25, 0.3) is 0 Å². The summed E-state index contributed by atoms with van der Waals surface area (Å²) in [5.41, 5.74) is 3.89. The minimum Gasteiger partial charge on any atom is -0.460 e. The topological polar surface area (TPSA) is 66.7 Å². The Morgan fingerprint density at radius 1 is 0.865 bits per heavy atom. The van der Waals surface area contributed by atoms with E-state index >= 15 is 0 Å². The number of furan rings is 1. The summed E-state index contributed by atoms with van der Waals surface area (Å²) in [4.78, 5) is 13.6. The zero-order valence-electron chi connectivity index (χ0n) is 20.8. The molecule has 0 aliphatic carbocycles. The van der Waals surface area contributed by atoms with Gasteiger partial charge in [-0.05, 0) is 67.7 Å². The maximum atomic E-state index is 6.21. The van der Waals surface area contributed by atoms with E-state index in [4.69, 9.17) is 9.15 Å². The van der Waals surface area contributed by atoms with E-state index in [1.807, 2.05) is 54.7 Å². The molecular weight excluding hydrogens is 462 g/mol. The van der Waals surface area contributed by atoms with Crippen LogP contribution in [-0.2, 0) is 6.54 Å². The van der Waals surface area contributed by atoms with Crippen LogP contribution in [0.2, 0.25) is 0 Å². The number of aromatic nitrogens is 2. The Balaban J connectivity index is 1.16. The highest BCUT2D eigenvalue weighted by molar-refractivity contribution is 5.94. The molecule has 3 aromatic heterocycles. The van der Waals surface area contributed by atoms with Crippen LogP contribution in [0.3, 0.4) is 0 Å². The number of hydrogen-bond acceptors (Lipinski definition) is 7. The summed E-state index contributed by atoms with van der Waals surface area (Å²) in [5.74, 6) is 3.18. The molecule has 1 fully saturated rings. The zero-order valence-corrected chi connectivity index (χ0v) is 20.8. The van der Waals surface area contributed by atoms with E-state index in [0.29, 0.717) is 5.88 Å². The number of hydrogen-bond donors (Lipinski definition) is 1. The van der Waals surface area contributed by atoms with Gasteiger partial charge in [-0.2, -0.15) is 0 Å². The van der Waals surface area contributed by atoms with Gasteiger partial charge in [-0.3, -0.25) is 9.88 Å². The van der Waals surface area contributed by atoms with Crippen LogP contribution in [0.1, 0.15) is 5.76 Å². The predicted molar refractivity (Wildman–Crippen MR) is 146 cm³/mol. The molecular formula is C30H29N5O2. The van der Waals surface area contributed by atoms with Gasteiger partial charge in [0, 0.05) is 67.0 Å². The maximum absolute atomic E-state index is 6.21. The van der Waals surface area contributed by atoms with Crippen LogP contribution in [0.25, 0.3) is 22.2 Å². The van der Waals surface area contributed by atoms with Gasteiger partial charge in [-0.15, -0.1) is 0 Å². The molecule has 1 saturated heterocycles. The van der Waals surface area contributed by atoms with Crippen molar-refractivity contribution in [3.05, 3.63) is 97.0 Å². The van der Waals surface area contributed by atoms with Crippen LogP contribution in [0, 0.1) is 0 Å². The fraction of sp³-hybridized carbons (Fsp3) is 0.200. The van der Waals surface area contributed by atoms with Crippen molar-refractivity contribution in [2.45, 2.75) is 6.54 Å². The Morgan fingerprint density at radius 2 is 1.73 bits per heavy atom. The van der Waals surface area contributed by atoms with E-state index in [9.17, 15) is 0 Å². The van der Waals surface area contributed by atoms with Gasteiger partial charge in [0.2, 0.25) is 5.88 Å². The van der Waals surface area contributed by atoms with Gasteiger partial charge < -0.3 is 19.4 Å². The Kier molecular flexibility index (Phi) is 6.54. The molecule has 0 saturated carbocycles. The molecule has 1 aliphatic heterocycles. The second kappa shape index (κ2) is 10.4. The number of anilines is 2. The van der Waals surface area contributed by atoms with Crippen LogP contribution in [-0.4, -0.2) is 53.0 Å². The Bertz CT molecular complexity index is 1480. The molecule has 1 N–H and O–H groups in total. The van der Waals surface area contributed by atoms with Gasteiger partial charge in [0.1, 0.15) is 17.3 Å². The van der Waals surface area contributed by atoms with Gasteiger partial charge >= 0.3 is 0 Å². The van der Waals surface area contributed by atoms with Crippen molar-refractivity contribution in [3.63, 3.8) is 0 Å². The summed E-state index contributed by atoms with van der Waals surface area (Å²) in [5, 5.41) is 4.55. The van der Waals surface area contributed by atoms with Crippen molar-refractivity contribution in [3.8, 4) is 23.0 Å². The first-order valence-corrected chi connectivity index (χ1v) is 12.5. The smallest absolute Gasteiger partial charge is 0.219 e. The first-order valence-electron chi connectivity index (χ1n) is 12.5. The average molecular weight is 492 g/mol. The number of ether oxygens (including phenoxy) is 1. The molecule has 37 heavy (non-hydrogen) atoms. The fourth-order valence-electron chi connectivity index (χ4n) is 4.54. The predicted octanol–water partition coefficient (Wildman–Crippen LogP) is 6.17. The summed E-state index contributed by atoms with van der Waals surface area (Å²) in [7, 11) is 2.17. The van der Waals surface area contributed by atoms with Gasteiger partial charge in [-0.1, -0.05) is 12.1 Å². The van der Waals surface area contributed by atoms with Gasteiger partial charge in [0.05, 0.1) is 12.1 Å². The first-order chi connectivity index (χ1) is 18.2. The number of nitrogens with zero attached hydrogens (tertiary/aromatic N) is 4.